The first-order valence-corrected chi connectivity index (χ1v) is 6.45. The number of anilines is 1. The molecule has 0 aromatic carbocycles. The van der Waals surface area contributed by atoms with Crippen molar-refractivity contribution in [1.82, 2.24) is 15.2 Å². The van der Waals surface area contributed by atoms with Crippen LogP contribution in [0.5, 0.6) is 0 Å². The van der Waals surface area contributed by atoms with Crippen LogP contribution < -0.4 is 5.32 Å². The zero-order chi connectivity index (χ0) is 14.0. The van der Waals surface area contributed by atoms with Crippen LogP contribution in [0, 0.1) is 6.92 Å². The van der Waals surface area contributed by atoms with Crippen LogP contribution in [0.2, 0.25) is 0 Å². The number of aromatic nitrogens is 3. The molecule has 2 aromatic rings. The van der Waals surface area contributed by atoms with Crippen molar-refractivity contribution in [1.29, 1.82) is 0 Å². The van der Waals surface area contributed by atoms with Crippen LogP contribution in [0.1, 0.15) is 38.6 Å². The summed E-state index contributed by atoms with van der Waals surface area (Å²) in [6.45, 7) is 3.61. The minimum absolute atomic E-state index is 0.00112. The Kier molecular flexibility index (Phi) is 3.61. The van der Waals surface area contributed by atoms with E-state index in [0.717, 1.165) is 11.3 Å². The first-order valence-electron chi connectivity index (χ1n) is 5.57. The van der Waals surface area contributed by atoms with Gasteiger partial charge in [-0.15, -0.1) is 16.4 Å². The number of carboxylic acid groups (broad SMARTS) is 1. The van der Waals surface area contributed by atoms with Gasteiger partial charge in [-0.05, 0) is 17.9 Å². The predicted octanol–water partition coefficient (Wildman–Crippen LogP) is 1.69. The smallest absolute Gasteiger partial charge is 0.348 e. The van der Waals surface area contributed by atoms with Crippen LogP contribution >= 0.6 is 11.3 Å². The highest BCUT2D eigenvalue weighted by atomic mass is 32.1. The number of amides is 1. The van der Waals surface area contributed by atoms with Crippen molar-refractivity contribution in [2.45, 2.75) is 20.3 Å². The fourth-order valence-corrected chi connectivity index (χ4v) is 2.32. The molecule has 0 aliphatic carbocycles. The third-order valence-corrected chi connectivity index (χ3v) is 3.56. The number of H-pyrrole nitrogens is 1. The first-order chi connectivity index (χ1) is 9.02. The van der Waals surface area contributed by atoms with Crippen molar-refractivity contribution in [3.05, 3.63) is 27.5 Å². The molecule has 0 spiro atoms. The van der Waals surface area contributed by atoms with E-state index in [-0.39, 0.29) is 10.7 Å². The molecule has 0 aliphatic heterocycles. The van der Waals surface area contributed by atoms with E-state index in [0.29, 0.717) is 23.5 Å². The summed E-state index contributed by atoms with van der Waals surface area (Å²) in [7, 11) is 0. The summed E-state index contributed by atoms with van der Waals surface area (Å²) in [4.78, 5) is 27.0. The lowest BCUT2D eigenvalue weighted by Gasteiger charge is -2.03. The topological polar surface area (TPSA) is 108 Å². The van der Waals surface area contributed by atoms with Gasteiger partial charge in [-0.3, -0.25) is 9.89 Å². The molecule has 0 atom stereocenters. The summed E-state index contributed by atoms with van der Waals surface area (Å²) in [5.74, 6) is -0.998. The van der Waals surface area contributed by atoms with Crippen molar-refractivity contribution >= 4 is 28.9 Å². The molecule has 2 rings (SSSR count). The van der Waals surface area contributed by atoms with Crippen LogP contribution in [0.25, 0.3) is 0 Å². The normalized spacial score (nSPS) is 10.4. The second kappa shape index (κ2) is 5.19. The number of carboxylic acids is 1. The number of carbonyl (C=O) groups excluding carboxylic acids is 1. The molecule has 0 bridgehead atoms. The molecular formula is C11H12N4O3S. The van der Waals surface area contributed by atoms with E-state index in [9.17, 15) is 9.59 Å². The molecule has 2 aromatic heterocycles. The lowest BCUT2D eigenvalue weighted by Crippen LogP contribution is -2.16. The SMILES string of the molecule is CCc1nc(C(=O)Nc2c(C)csc2C(=O)O)n[nH]1. The first kappa shape index (κ1) is 13.2. The zero-order valence-electron chi connectivity index (χ0n) is 10.4. The highest BCUT2D eigenvalue weighted by molar-refractivity contribution is 7.12. The Hall–Kier alpha value is -2.22. The molecule has 100 valence electrons. The van der Waals surface area contributed by atoms with Crippen LogP contribution in [-0.2, 0) is 6.42 Å². The summed E-state index contributed by atoms with van der Waals surface area (Å²) in [5.41, 5.74) is 0.993. The number of aryl methyl sites for hydroxylation is 2. The minimum atomic E-state index is -1.07. The second-order valence-electron chi connectivity index (χ2n) is 3.84. The Balaban J connectivity index is 2.23. The maximum Gasteiger partial charge on any atom is 0.348 e. The number of thiophene rings is 1. The molecule has 0 unspecified atom stereocenters. The zero-order valence-corrected chi connectivity index (χ0v) is 11.2. The van der Waals surface area contributed by atoms with Gasteiger partial charge in [0.2, 0.25) is 5.82 Å². The predicted molar refractivity (Wildman–Crippen MR) is 69.7 cm³/mol. The van der Waals surface area contributed by atoms with Crippen molar-refractivity contribution < 1.29 is 14.7 Å². The van der Waals surface area contributed by atoms with E-state index in [2.05, 4.69) is 20.5 Å². The minimum Gasteiger partial charge on any atom is -0.477 e. The van der Waals surface area contributed by atoms with E-state index in [1.807, 2.05) is 6.92 Å². The van der Waals surface area contributed by atoms with Gasteiger partial charge in [-0.1, -0.05) is 6.92 Å². The van der Waals surface area contributed by atoms with Crippen LogP contribution in [0.15, 0.2) is 5.38 Å². The van der Waals surface area contributed by atoms with E-state index in [1.54, 1.807) is 12.3 Å². The Labute approximate surface area is 112 Å². The largest absolute Gasteiger partial charge is 0.477 e. The molecule has 0 saturated carbocycles. The van der Waals surface area contributed by atoms with Crippen LogP contribution in [0.4, 0.5) is 5.69 Å². The van der Waals surface area contributed by atoms with Crippen LogP contribution in [-0.4, -0.2) is 32.2 Å². The van der Waals surface area contributed by atoms with E-state index < -0.39 is 11.9 Å². The highest BCUT2D eigenvalue weighted by Crippen LogP contribution is 2.27. The number of carbonyl (C=O) groups is 2. The summed E-state index contributed by atoms with van der Waals surface area (Å²) in [5, 5.41) is 19.7. The van der Waals surface area contributed by atoms with E-state index in [4.69, 9.17) is 5.11 Å². The van der Waals surface area contributed by atoms with E-state index in [1.165, 1.54) is 0 Å². The van der Waals surface area contributed by atoms with Crippen molar-refractivity contribution in [3.63, 3.8) is 0 Å². The average molecular weight is 280 g/mol. The van der Waals surface area contributed by atoms with Crippen molar-refractivity contribution in [2.24, 2.45) is 0 Å². The molecule has 0 aliphatic rings. The molecular weight excluding hydrogens is 268 g/mol. The Morgan fingerprint density at radius 2 is 2.26 bits per heavy atom. The fraction of sp³-hybridized carbons (Fsp3) is 0.273. The number of hydrogen-bond acceptors (Lipinski definition) is 5. The lowest BCUT2D eigenvalue weighted by molar-refractivity contribution is 0.0703. The van der Waals surface area contributed by atoms with E-state index >= 15 is 0 Å². The molecule has 7 nitrogen and oxygen atoms in total. The van der Waals surface area contributed by atoms with Gasteiger partial charge in [0, 0.05) is 6.42 Å². The molecule has 1 amide bonds. The monoisotopic (exact) mass is 280 g/mol. The standard InChI is InChI=1S/C11H12N4O3S/c1-3-6-12-9(15-14-6)10(16)13-7-5(2)4-19-8(7)11(17)18/h4H,3H2,1-2H3,(H,13,16)(H,17,18)(H,12,14,15). The molecule has 2 heterocycles. The average Bonchev–Trinajstić information content (AvgIpc) is 2.97. The van der Waals surface area contributed by atoms with Gasteiger partial charge in [-0.2, -0.15) is 0 Å². The number of nitrogens with one attached hydrogen (secondary N) is 2. The quantitative estimate of drug-likeness (QED) is 0.789. The number of rotatable bonds is 4. The van der Waals surface area contributed by atoms with Gasteiger partial charge in [0.1, 0.15) is 10.7 Å². The number of hydrogen-bond donors (Lipinski definition) is 3. The summed E-state index contributed by atoms with van der Waals surface area (Å²) in [6, 6.07) is 0. The molecule has 0 saturated heterocycles. The molecule has 8 heteroatoms. The van der Waals surface area contributed by atoms with Gasteiger partial charge in [0.05, 0.1) is 5.69 Å². The molecule has 0 fully saturated rings. The van der Waals surface area contributed by atoms with Gasteiger partial charge >= 0.3 is 5.97 Å². The Morgan fingerprint density at radius 3 is 2.84 bits per heavy atom. The Bertz CT molecular complexity index is 632. The summed E-state index contributed by atoms with van der Waals surface area (Å²) in [6.07, 6.45) is 0.637. The third-order valence-electron chi connectivity index (χ3n) is 2.48. The van der Waals surface area contributed by atoms with Gasteiger partial charge in [0.15, 0.2) is 0 Å². The molecule has 3 N–H and O–H groups in total. The fourth-order valence-electron chi connectivity index (χ4n) is 1.48. The second-order valence-corrected chi connectivity index (χ2v) is 4.72. The Morgan fingerprint density at radius 1 is 1.53 bits per heavy atom. The van der Waals surface area contributed by atoms with Gasteiger partial charge in [0.25, 0.3) is 5.91 Å². The van der Waals surface area contributed by atoms with Crippen molar-refractivity contribution in [2.75, 3.05) is 5.32 Å². The van der Waals surface area contributed by atoms with Crippen molar-refractivity contribution in [3.8, 4) is 0 Å². The number of aromatic amines is 1. The number of aromatic carboxylic acids is 1. The summed E-state index contributed by atoms with van der Waals surface area (Å²) < 4.78 is 0. The highest BCUT2D eigenvalue weighted by Gasteiger charge is 2.19. The molecule has 19 heavy (non-hydrogen) atoms. The van der Waals surface area contributed by atoms with Crippen LogP contribution in [0.3, 0.4) is 0 Å². The maximum atomic E-state index is 11.9. The maximum absolute atomic E-state index is 11.9. The lowest BCUT2D eigenvalue weighted by atomic mass is 10.2. The number of nitrogens with zero attached hydrogens (tertiary/aromatic N) is 2. The summed E-state index contributed by atoms with van der Waals surface area (Å²) >= 11 is 1.07. The molecule has 0 radical (unpaired) electrons. The van der Waals surface area contributed by atoms with Gasteiger partial charge < -0.3 is 10.4 Å². The third kappa shape index (κ3) is 2.63. The van der Waals surface area contributed by atoms with Gasteiger partial charge in [-0.25, -0.2) is 9.78 Å².